The Kier molecular flexibility index (Phi) is 4.84. The predicted octanol–water partition coefficient (Wildman–Crippen LogP) is 2.92. The Morgan fingerprint density at radius 1 is 1.12 bits per heavy atom. The van der Waals surface area contributed by atoms with Crippen LogP contribution in [0.15, 0.2) is 42.7 Å². The number of rotatable bonds is 4. The number of hydrogen-bond donors (Lipinski definition) is 1. The second-order valence-corrected chi connectivity index (χ2v) is 7.23. The molecule has 2 aromatic rings. The molecule has 0 saturated carbocycles. The molecule has 2 aliphatic heterocycles. The number of para-hydroxylation sites is 1. The van der Waals surface area contributed by atoms with Gasteiger partial charge in [0, 0.05) is 43.3 Å². The molecule has 6 nitrogen and oxygen atoms in total. The lowest BCUT2D eigenvalue weighted by Gasteiger charge is -2.49. The lowest BCUT2D eigenvalue weighted by Crippen LogP contribution is -2.63. The van der Waals surface area contributed by atoms with Gasteiger partial charge in [-0.05, 0) is 38.4 Å². The molecule has 0 radical (unpaired) electrons. The van der Waals surface area contributed by atoms with E-state index in [0.717, 1.165) is 25.3 Å². The Hall–Kier alpha value is -2.47. The molecule has 0 unspecified atom stereocenters. The van der Waals surface area contributed by atoms with Crippen molar-refractivity contribution in [3.8, 4) is 0 Å². The van der Waals surface area contributed by atoms with E-state index in [2.05, 4.69) is 27.1 Å². The maximum atomic E-state index is 12.6. The molecule has 2 fully saturated rings. The zero-order chi connectivity index (χ0) is 17.9. The zero-order valence-corrected chi connectivity index (χ0v) is 15.1. The third-order valence-electron chi connectivity index (χ3n) is 5.40. The van der Waals surface area contributed by atoms with Crippen molar-refractivity contribution in [2.75, 3.05) is 25.0 Å². The molecule has 0 spiro atoms. The summed E-state index contributed by atoms with van der Waals surface area (Å²) in [5.41, 5.74) is 1.47. The van der Waals surface area contributed by atoms with Crippen LogP contribution in [0.3, 0.4) is 0 Å². The normalized spacial score (nSPS) is 21.3. The minimum atomic E-state index is 0.0252. The van der Waals surface area contributed by atoms with Crippen molar-refractivity contribution in [1.82, 2.24) is 19.8 Å². The van der Waals surface area contributed by atoms with Gasteiger partial charge in [0.15, 0.2) is 0 Å². The van der Waals surface area contributed by atoms with Crippen molar-refractivity contribution < 1.29 is 4.79 Å². The molecule has 136 valence electrons. The first-order chi connectivity index (χ1) is 12.7. The smallest absolute Gasteiger partial charge is 0.257 e. The van der Waals surface area contributed by atoms with Gasteiger partial charge in [-0.25, -0.2) is 9.97 Å². The Morgan fingerprint density at radius 3 is 2.54 bits per heavy atom. The lowest BCUT2D eigenvalue weighted by molar-refractivity contribution is 0.00208. The van der Waals surface area contributed by atoms with E-state index in [9.17, 15) is 4.79 Å². The van der Waals surface area contributed by atoms with E-state index in [1.54, 1.807) is 12.4 Å². The number of likely N-dealkylation sites (tertiary alicyclic amines) is 2. The fourth-order valence-corrected chi connectivity index (χ4v) is 3.83. The summed E-state index contributed by atoms with van der Waals surface area (Å²) in [5, 5.41) is 3.13. The molecule has 0 bridgehead atoms. The van der Waals surface area contributed by atoms with Crippen molar-refractivity contribution in [3.63, 3.8) is 0 Å². The summed E-state index contributed by atoms with van der Waals surface area (Å²) in [6.45, 7) is 5.09. The van der Waals surface area contributed by atoms with E-state index < -0.39 is 0 Å². The molecule has 2 aliphatic rings. The molecule has 4 rings (SSSR count). The highest BCUT2D eigenvalue weighted by molar-refractivity contribution is 5.94. The minimum Gasteiger partial charge on any atom is -0.335 e. The number of hydrogen-bond acceptors (Lipinski definition) is 5. The van der Waals surface area contributed by atoms with E-state index in [1.807, 2.05) is 35.2 Å². The highest BCUT2D eigenvalue weighted by atomic mass is 16.2. The van der Waals surface area contributed by atoms with Gasteiger partial charge >= 0.3 is 0 Å². The van der Waals surface area contributed by atoms with Crippen molar-refractivity contribution >= 4 is 17.5 Å². The molecule has 0 aliphatic carbocycles. The lowest BCUT2D eigenvalue weighted by atomic mass is 9.97. The van der Waals surface area contributed by atoms with Crippen LogP contribution in [0.1, 0.15) is 36.5 Å². The van der Waals surface area contributed by atoms with E-state index in [1.165, 1.54) is 19.3 Å². The molecule has 1 aromatic heterocycles. The summed E-state index contributed by atoms with van der Waals surface area (Å²) in [4.78, 5) is 25.6. The Bertz CT molecular complexity index is 743. The van der Waals surface area contributed by atoms with E-state index >= 15 is 0 Å². The van der Waals surface area contributed by atoms with Crippen LogP contribution in [-0.2, 0) is 0 Å². The molecule has 3 heterocycles. The van der Waals surface area contributed by atoms with Gasteiger partial charge < -0.3 is 10.2 Å². The van der Waals surface area contributed by atoms with E-state index in [4.69, 9.17) is 0 Å². The monoisotopic (exact) mass is 351 g/mol. The van der Waals surface area contributed by atoms with Crippen LogP contribution in [0.25, 0.3) is 0 Å². The number of nitrogens with zero attached hydrogens (tertiary/aromatic N) is 4. The maximum Gasteiger partial charge on any atom is 0.257 e. The van der Waals surface area contributed by atoms with Gasteiger partial charge in [0.05, 0.1) is 5.56 Å². The SMILES string of the molecule is C[C@@H]1CCCCN1C1CN(C(=O)c2cnc(Nc3ccccc3)nc2)C1. The highest BCUT2D eigenvalue weighted by Crippen LogP contribution is 2.25. The zero-order valence-electron chi connectivity index (χ0n) is 15.1. The highest BCUT2D eigenvalue weighted by Gasteiger charge is 2.37. The predicted molar refractivity (Wildman–Crippen MR) is 101 cm³/mol. The second-order valence-electron chi connectivity index (χ2n) is 7.23. The quantitative estimate of drug-likeness (QED) is 0.918. The Morgan fingerprint density at radius 2 is 1.85 bits per heavy atom. The third kappa shape index (κ3) is 3.55. The number of piperidine rings is 1. The van der Waals surface area contributed by atoms with Crippen molar-refractivity contribution in [1.29, 1.82) is 0 Å². The van der Waals surface area contributed by atoms with Crippen molar-refractivity contribution in [3.05, 3.63) is 48.3 Å². The minimum absolute atomic E-state index is 0.0252. The summed E-state index contributed by atoms with van der Waals surface area (Å²) >= 11 is 0. The average Bonchev–Trinajstić information content (AvgIpc) is 2.63. The largest absolute Gasteiger partial charge is 0.335 e. The number of amides is 1. The maximum absolute atomic E-state index is 12.6. The molecule has 1 N–H and O–H groups in total. The van der Waals surface area contributed by atoms with Gasteiger partial charge in [-0.2, -0.15) is 0 Å². The first-order valence-electron chi connectivity index (χ1n) is 9.40. The molecule has 1 atom stereocenters. The molecule has 6 heteroatoms. The summed E-state index contributed by atoms with van der Waals surface area (Å²) in [5.74, 6) is 0.522. The molecular weight excluding hydrogens is 326 g/mol. The standard InChI is InChI=1S/C20H25N5O/c1-15-7-5-6-10-25(15)18-13-24(14-18)19(26)16-11-21-20(22-12-16)23-17-8-3-2-4-9-17/h2-4,8-9,11-12,15,18H,5-7,10,13-14H2,1H3,(H,21,22,23)/t15-/m1/s1. The van der Waals surface area contributed by atoms with Crippen molar-refractivity contribution in [2.24, 2.45) is 0 Å². The number of aromatic nitrogens is 2. The van der Waals surface area contributed by atoms with Gasteiger partial charge in [-0.3, -0.25) is 9.69 Å². The van der Waals surface area contributed by atoms with Gasteiger partial charge in [0.2, 0.25) is 5.95 Å². The molecular formula is C20H25N5O. The van der Waals surface area contributed by atoms with Gasteiger partial charge in [0.25, 0.3) is 5.91 Å². The summed E-state index contributed by atoms with van der Waals surface area (Å²) in [6.07, 6.45) is 7.09. The molecule has 1 aromatic carbocycles. The van der Waals surface area contributed by atoms with Crippen LogP contribution in [0.4, 0.5) is 11.6 Å². The van der Waals surface area contributed by atoms with Crippen LogP contribution < -0.4 is 5.32 Å². The number of benzene rings is 1. The van der Waals surface area contributed by atoms with Gasteiger partial charge in [0.1, 0.15) is 0 Å². The summed E-state index contributed by atoms with van der Waals surface area (Å²) < 4.78 is 0. The fourth-order valence-electron chi connectivity index (χ4n) is 3.83. The Balaban J connectivity index is 1.33. The second kappa shape index (κ2) is 7.41. The topological polar surface area (TPSA) is 61.4 Å². The molecule has 26 heavy (non-hydrogen) atoms. The third-order valence-corrected chi connectivity index (χ3v) is 5.40. The van der Waals surface area contributed by atoms with Crippen molar-refractivity contribution in [2.45, 2.75) is 38.3 Å². The Labute approximate surface area is 154 Å². The molecule has 2 saturated heterocycles. The first kappa shape index (κ1) is 17.0. The van der Waals surface area contributed by atoms with Crippen LogP contribution in [0.2, 0.25) is 0 Å². The number of carbonyl (C=O) groups excluding carboxylic acids is 1. The van der Waals surface area contributed by atoms with Gasteiger partial charge in [-0.15, -0.1) is 0 Å². The van der Waals surface area contributed by atoms with Gasteiger partial charge in [-0.1, -0.05) is 24.6 Å². The van der Waals surface area contributed by atoms with Crippen LogP contribution in [0.5, 0.6) is 0 Å². The fraction of sp³-hybridized carbons (Fsp3) is 0.450. The van der Waals surface area contributed by atoms with Crippen LogP contribution in [-0.4, -0.2) is 57.4 Å². The summed E-state index contributed by atoms with van der Waals surface area (Å²) in [6, 6.07) is 10.9. The van der Waals surface area contributed by atoms with Crippen LogP contribution in [0, 0.1) is 0 Å². The first-order valence-corrected chi connectivity index (χ1v) is 9.40. The summed E-state index contributed by atoms with van der Waals surface area (Å²) in [7, 11) is 0. The number of carbonyl (C=O) groups is 1. The number of anilines is 2. The number of nitrogens with one attached hydrogen (secondary N) is 1. The molecule has 1 amide bonds. The average molecular weight is 351 g/mol. The van der Waals surface area contributed by atoms with E-state index in [-0.39, 0.29) is 5.91 Å². The van der Waals surface area contributed by atoms with Crippen LogP contribution >= 0.6 is 0 Å². The van der Waals surface area contributed by atoms with E-state index in [0.29, 0.717) is 23.6 Å².